The fraction of sp³-hybridized carbons (Fsp3) is 0.368. The number of aliphatic hydroxyl groups excluding tert-OH is 1. The van der Waals surface area contributed by atoms with E-state index >= 15 is 0 Å². The van der Waals surface area contributed by atoms with E-state index in [1.54, 1.807) is 18.5 Å². The molecule has 0 spiro atoms. The first-order chi connectivity index (χ1) is 13.1. The Morgan fingerprint density at radius 3 is 3.00 bits per heavy atom. The fourth-order valence-electron chi connectivity index (χ4n) is 3.53. The van der Waals surface area contributed by atoms with Gasteiger partial charge in [0.05, 0.1) is 11.6 Å². The minimum atomic E-state index is -0.334. The van der Waals surface area contributed by atoms with Crippen molar-refractivity contribution in [2.45, 2.75) is 44.8 Å². The number of nitrogens with zero attached hydrogens (tertiary/aromatic N) is 3. The lowest BCUT2D eigenvalue weighted by atomic mass is 9.93. The van der Waals surface area contributed by atoms with E-state index in [4.69, 9.17) is 0 Å². The first kappa shape index (κ1) is 17.4. The molecule has 3 aromatic rings. The van der Waals surface area contributed by atoms with E-state index in [0.29, 0.717) is 12.2 Å². The van der Waals surface area contributed by atoms with Crippen molar-refractivity contribution in [3.05, 3.63) is 36.3 Å². The molecule has 2 atom stereocenters. The van der Waals surface area contributed by atoms with Crippen molar-refractivity contribution >= 4 is 22.8 Å². The third-order valence-electron chi connectivity index (χ3n) is 4.84. The van der Waals surface area contributed by atoms with E-state index < -0.39 is 0 Å². The van der Waals surface area contributed by atoms with Crippen LogP contribution in [0.1, 0.15) is 31.4 Å². The minimum Gasteiger partial charge on any atom is -0.393 e. The van der Waals surface area contributed by atoms with Gasteiger partial charge in [-0.05, 0) is 44.7 Å². The average molecular weight is 366 g/mol. The Bertz CT molecular complexity index is 970. The number of aryl methyl sites for hydroxylation is 1. The lowest BCUT2D eigenvalue weighted by molar-refractivity contribution is 0.114. The van der Waals surface area contributed by atoms with Gasteiger partial charge in [0.2, 0.25) is 0 Å². The summed E-state index contributed by atoms with van der Waals surface area (Å²) in [6.45, 7) is 1.93. The van der Waals surface area contributed by atoms with Crippen LogP contribution in [0, 0.1) is 6.92 Å². The van der Waals surface area contributed by atoms with Crippen LogP contribution < -0.4 is 10.6 Å². The molecule has 1 fully saturated rings. The molecule has 1 aliphatic rings. The molecule has 27 heavy (non-hydrogen) atoms. The van der Waals surface area contributed by atoms with Gasteiger partial charge in [0.15, 0.2) is 0 Å². The Morgan fingerprint density at radius 1 is 1.30 bits per heavy atom. The van der Waals surface area contributed by atoms with Gasteiger partial charge >= 0.3 is 6.03 Å². The summed E-state index contributed by atoms with van der Waals surface area (Å²) in [5.74, 6) is 0.442. The van der Waals surface area contributed by atoms with Crippen molar-refractivity contribution in [3.8, 4) is 11.3 Å². The Kier molecular flexibility index (Phi) is 4.72. The second-order valence-electron chi connectivity index (χ2n) is 6.99. The topological polar surface area (TPSA) is 116 Å². The van der Waals surface area contributed by atoms with Crippen molar-refractivity contribution in [1.29, 1.82) is 0 Å². The van der Waals surface area contributed by atoms with Gasteiger partial charge in [-0.3, -0.25) is 15.4 Å². The molecule has 2 unspecified atom stereocenters. The van der Waals surface area contributed by atoms with Crippen LogP contribution in [0.3, 0.4) is 0 Å². The van der Waals surface area contributed by atoms with Gasteiger partial charge in [0.25, 0.3) is 0 Å². The Hall–Kier alpha value is -3.00. The molecule has 0 bridgehead atoms. The highest BCUT2D eigenvalue weighted by atomic mass is 16.3. The van der Waals surface area contributed by atoms with Gasteiger partial charge in [0, 0.05) is 41.1 Å². The number of nitrogens with one attached hydrogen (secondary N) is 3. The summed E-state index contributed by atoms with van der Waals surface area (Å²) in [5.41, 5.74) is 3.47. The molecule has 4 rings (SSSR count). The number of H-pyrrole nitrogens is 1. The van der Waals surface area contributed by atoms with Gasteiger partial charge in [-0.1, -0.05) is 0 Å². The number of urea groups is 1. The molecule has 3 aromatic heterocycles. The van der Waals surface area contributed by atoms with Crippen LogP contribution in [0.15, 0.2) is 30.6 Å². The third kappa shape index (κ3) is 3.90. The van der Waals surface area contributed by atoms with E-state index in [2.05, 4.69) is 30.8 Å². The molecule has 0 aliphatic heterocycles. The standard InChI is InChI=1S/C19H22N6O2/c1-11-7-12(5-6-20-11)18-15-10-21-17(9-16(15)24-25-18)23-19(27)22-13-3-2-4-14(26)8-13/h5-7,9-10,13-14,26H,2-4,8H2,1H3,(H,24,25)(H2,21,22,23,27). The monoisotopic (exact) mass is 366 g/mol. The number of hydrogen-bond donors (Lipinski definition) is 4. The highest BCUT2D eigenvalue weighted by molar-refractivity contribution is 5.95. The first-order valence-corrected chi connectivity index (χ1v) is 9.11. The van der Waals surface area contributed by atoms with Crippen LogP contribution in [-0.4, -0.2) is 43.4 Å². The number of hydrogen-bond acceptors (Lipinski definition) is 5. The maximum atomic E-state index is 12.2. The average Bonchev–Trinajstić information content (AvgIpc) is 3.05. The number of carbonyl (C=O) groups is 1. The normalized spacial score (nSPS) is 19.8. The number of anilines is 1. The zero-order chi connectivity index (χ0) is 18.8. The predicted molar refractivity (Wildman–Crippen MR) is 102 cm³/mol. The lowest BCUT2D eigenvalue weighted by Gasteiger charge is -2.26. The summed E-state index contributed by atoms with van der Waals surface area (Å²) >= 11 is 0. The predicted octanol–water partition coefficient (Wildman–Crippen LogP) is 2.75. The Balaban J connectivity index is 1.48. The molecule has 140 valence electrons. The number of amides is 2. The summed E-state index contributed by atoms with van der Waals surface area (Å²) in [6.07, 6.45) is 6.31. The molecule has 2 amide bonds. The number of aromatic amines is 1. The van der Waals surface area contributed by atoms with E-state index in [1.807, 2.05) is 19.1 Å². The summed E-state index contributed by atoms with van der Waals surface area (Å²) in [7, 11) is 0. The second kappa shape index (κ2) is 7.32. The molecule has 0 saturated heterocycles. The van der Waals surface area contributed by atoms with Gasteiger partial charge < -0.3 is 10.4 Å². The second-order valence-corrected chi connectivity index (χ2v) is 6.99. The van der Waals surface area contributed by atoms with Gasteiger partial charge in [-0.25, -0.2) is 9.78 Å². The summed E-state index contributed by atoms with van der Waals surface area (Å²) in [6, 6.07) is 5.31. The number of pyridine rings is 2. The van der Waals surface area contributed by atoms with Gasteiger partial charge in [-0.15, -0.1) is 0 Å². The SMILES string of the molecule is Cc1cc(-c2n[nH]c3cc(NC(=O)NC4CCCC(O)C4)ncc23)ccn1. The molecule has 3 heterocycles. The van der Waals surface area contributed by atoms with E-state index in [1.165, 1.54) is 0 Å². The molecular weight excluding hydrogens is 344 g/mol. The number of fused-ring (bicyclic) bond motifs is 1. The maximum absolute atomic E-state index is 12.2. The zero-order valence-corrected chi connectivity index (χ0v) is 15.1. The Morgan fingerprint density at radius 2 is 2.19 bits per heavy atom. The maximum Gasteiger partial charge on any atom is 0.320 e. The van der Waals surface area contributed by atoms with Crippen molar-refractivity contribution in [1.82, 2.24) is 25.5 Å². The third-order valence-corrected chi connectivity index (χ3v) is 4.84. The summed E-state index contributed by atoms with van der Waals surface area (Å²) in [4.78, 5) is 20.8. The van der Waals surface area contributed by atoms with E-state index in [0.717, 1.165) is 47.1 Å². The van der Waals surface area contributed by atoms with Crippen molar-refractivity contribution in [3.63, 3.8) is 0 Å². The number of rotatable bonds is 3. The molecule has 8 nitrogen and oxygen atoms in total. The fourth-order valence-corrected chi connectivity index (χ4v) is 3.53. The Labute approximate surface area is 156 Å². The van der Waals surface area contributed by atoms with E-state index in [9.17, 15) is 9.90 Å². The van der Waals surface area contributed by atoms with Crippen LogP contribution in [0.5, 0.6) is 0 Å². The van der Waals surface area contributed by atoms with Crippen LogP contribution in [0.25, 0.3) is 22.2 Å². The number of carbonyl (C=O) groups excluding carboxylic acids is 1. The lowest BCUT2D eigenvalue weighted by Crippen LogP contribution is -2.42. The van der Waals surface area contributed by atoms with Crippen LogP contribution in [0.2, 0.25) is 0 Å². The van der Waals surface area contributed by atoms with Gasteiger partial charge in [0.1, 0.15) is 11.5 Å². The molecular formula is C19H22N6O2. The largest absolute Gasteiger partial charge is 0.393 e. The quantitative estimate of drug-likeness (QED) is 0.569. The summed E-state index contributed by atoms with van der Waals surface area (Å²) < 4.78 is 0. The van der Waals surface area contributed by atoms with Crippen molar-refractivity contribution in [2.75, 3.05) is 5.32 Å². The minimum absolute atomic E-state index is 0.00818. The highest BCUT2D eigenvalue weighted by Crippen LogP contribution is 2.27. The van der Waals surface area contributed by atoms with Crippen LogP contribution in [0.4, 0.5) is 10.6 Å². The molecule has 1 aliphatic carbocycles. The molecule has 8 heteroatoms. The van der Waals surface area contributed by atoms with Crippen molar-refractivity contribution in [2.24, 2.45) is 0 Å². The summed E-state index contributed by atoms with van der Waals surface area (Å²) in [5, 5.41) is 23.6. The van der Waals surface area contributed by atoms with E-state index in [-0.39, 0.29) is 18.2 Å². The highest BCUT2D eigenvalue weighted by Gasteiger charge is 2.21. The smallest absolute Gasteiger partial charge is 0.320 e. The number of aliphatic hydroxyl groups is 1. The zero-order valence-electron chi connectivity index (χ0n) is 15.1. The molecule has 0 radical (unpaired) electrons. The van der Waals surface area contributed by atoms with Crippen LogP contribution in [-0.2, 0) is 0 Å². The van der Waals surface area contributed by atoms with Crippen molar-refractivity contribution < 1.29 is 9.90 Å². The van der Waals surface area contributed by atoms with Gasteiger partial charge in [-0.2, -0.15) is 5.10 Å². The molecule has 1 saturated carbocycles. The van der Waals surface area contributed by atoms with Crippen LogP contribution >= 0.6 is 0 Å². The first-order valence-electron chi connectivity index (χ1n) is 9.11. The molecule has 4 N–H and O–H groups in total. The molecule has 0 aromatic carbocycles. The number of aromatic nitrogens is 4.